The first kappa shape index (κ1) is 15.5. The standard InChI is InChI=1S/C17H19N3O3S/c1-11-18-17(23-19-11)12-9-15-14(6-7-22-15)20(10-12)16(21)5-4-13-3-2-8-24-13/h2-5,8,12,14-15H,6-7,9-10H2,1H3/b5-4+/t12-,14-,15-/m1/s1. The molecule has 2 fully saturated rings. The van der Waals surface area contributed by atoms with Crippen LogP contribution in [0.15, 0.2) is 28.1 Å². The lowest BCUT2D eigenvalue weighted by atomic mass is 9.89. The second-order valence-electron chi connectivity index (χ2n) is 6.22. The van der Waals surface area contributed by atoms with Crippen molar-refractivity contribution < 1.29 is 14.1 Å². The van der Waals surface area contributed by atoms with E-state index in [4.69, 9.17) is 9.26 Å². The van der Waals surface area contributed by atoms with E-state index in [0.29, 0.717) is 24.9 Å². The van der Waals surface area contributed by atoms with E-state index in [1.165, 1.54) is 0 Å². The Hall–Kier alpha value is -1.99. The minimum atomic E-state index is 0.0184. The lowest BCUT2D eigenvalue weighted by Crippen LogP contribution is -2.51. The van der Waals surface area contributed by atoms with Crippen molar-refractivity contribution in [3.8, 4) is 0 Å². The molecule has 126 valence electrons. The van der Waals surface area contributed by atoms with Gasteiger partial charge in [0.1, 0.15) is 0 Å². The quantitative estimate of drug-likeness (QED) is 0.800. The number of carbonyl (C=O) groups is 1. The van der Waals surface area contributed by atoms with Gasteiger partial charge in [-0.05, 0) is 37.3 Å². The van der Waals surface area contributed by atoms with Gasteiger partial charge in [0.25, 0.3) is 0 Å². The summed E-state index contributed by atoms with van der Waals surface area (Å²) in [6.07, 6.45) is 5.29. The number of aryl methyl sites for hydroxylation is 1. The number of ether oxygens (including phenoxy) is 1. The molecule has 2 aromatic rings. The Kier molecular flexibility index (Phi) is 4.20. The van der Waals surface area contributed by atoms with Gasteiger partial charge in [-0.1, -0.05) is 11.2 Å². The third kappa shape index (κ3) is 3.01. The van der Waals surface area contributed by atoms with Gasteiger partial charge in [0.15, 0.2) is 5.82 Å². The number of fused-ring (bicyclic) bond motifs is 1. The van der Waals surface area contributed by atoms with Crippen LogP contribution in [0.25, 0.3) is 6.08 Å². The van der Waals surface area contributed by atoms with Crippen LogP contribution in [0, 0.1) is 6.92 Å². The first-order valence-electron chi connectivity index (χ1n) is 8.14. The number of amides is 1. The Morgan fingerprint density at radius 2 is 2.42 bits per heavy atom. The van der Waals surface area contributed by atoms with Crippen molar-refractivity contribution in [2.24, 2.45) is 0 Å². The highest BCUT2D eigenvalue weighted by Gasteiger charge is 2.43. The predicted octanol–water partition coefficient (Wildman–Crippen LogP) is 2.63. The van der Waals surface area contributed by atoms with E-state index >= 15 is 0 Å². The Bertz CT molecular complexity index is 740. The first-order chi connectivity index (χ1) is 11.7. The van der Waals surface area contributed by atoms with Gasteiger partial charge in [-0.15, -0.1) is 11.3 Å². The van der Waals surface area contributed by atoms with Crippen LogP contribution in [-0.2, 0) is 9.53 Å². The maximum atomic E-state index is 12.7. The largest absolute Gasteiger partial charge is 0.376 e. The third-order valence-corrected chi connectivity index (χ3v) is 5.46. The van der Waals surface area contributed by atoms with E-state index in [-0.39, 0.29) is 24.0 Å². The van der Waals surface area contributed by atoms with Crippen molar-refractivity contribution in [3.05, 3.63) is 40.2 Å². The molecule has 1 amide bonds. The number of nitrogens with zero attached hydrogens (tertiary/aromatic N) is 3. The minimum absolute atomic E-state index is 0.0184. The number of thiophene rings is 1. The molecule has 2 aromatic heterocycles. The number of hydrogen-bond acceptors (Lipinski definition) is 6. The van der Waals surface area contributed by atoms with Gasteiger partial charge in [0, 0.05) is 24.1 Å². The van der Waals surface area contributed by atoms with Crippen LogP contribution < -0.4 is 0 Å². The van der Waals surface area contributed by atoms with Crippen LogP contribution in [-0.4, -0.2) is 46.2 Å². The summed E-state index contributed by atoms with van der Waals surface area (Å²) in [6.45, 7) is 3.10. The topological polar surface area (TPSA) is 68.5 Å². The van der Waals surface area contributed by atoms with Crippen molar-refractivity contribution in [1.29, 1.82) is 0 Å². The highest BCUT2D eigenvalue weighted by molar-refractivity contribution is 7.10. The molecule has 2 aliphatic rings. The fraction of sp³-hybridized carbons (Fsp3) is 0.471. The molecular formula is C17H19N3O3S. The fourth-order valence-electron chi connectivity index (χ4n) is 3.49. The zero-order chi connectivity index (χ0) is 16.5. The van der Waals surface area contributed by atoms with E-state index in [9.17, 15) is 4.79 Å². The summed E-state index contributed by atoms with van der Waals surface area (Å²) in [5.41, 5.74) is 0. The zero-order valence-electron chi connectivity index (χ0n) is 13.4. The molecule has 0 aromatic carbocycles. The van der Waals surface area contributed by atoms with Crippen molar-refractivity contribution in [1.82, 2.24) is 15.0 Å². The summed E-state index contributed by atoms with van der Waals surface area (Å²) in [6, 6.07) is 4.12. The average Bonchev–Trinajstić information content (AvgIpc) is 3.32. The van der Waals surface area contributed by atoms with Crippen LogP contribution in [0.1, 0.15) is 35.4 Å². The van der Waals surface area contributed by atoms with Gasteiger partial charge in [-0.3, -0.25) is 4.79 Å². The fourth-order valence-corrected chi connectivity index (χ4v) is 4.11. The minimum Gasteiger partial charge on any atom is -0.376 e. The van der Waals surface area contributed by atoms with E-state index < -0.39 is 0 Å². The number of hydrogen-bond donors (Lipinski definition) is 0. The highest BCUT2D eigenvalue weighted by Crippen LogP contribution is 2.35. The van der Waals surface area contributed by atoms with Gasteiger partial charge in [0.2, 0.25) is 11.8 Å². The Morgan fingerprint density at radius 1 is 1.50 bits per heavy atom. The molecule has 0 unspecified atom stereocenters. The third-order valence-electron chi connectivity index (χ3n) is 4.62. The molecule has 4 rings (SSSR count). The average molecular weight is 345 g/mol. The molecule has 2 aliphatic heterocycles. The molecule has 0 radical (unpaired) electrons. The summed E-state index contributed by atoms with van der Waals surface area (Å²) < 4.78 is 11.2. The molecule has 4 heterocycles. The summed E-state index contributed by atoms with van der Waals surface area (Å²) in [7, 11) is 0. The number of carbonyl (C=O) groups excluding carboxylic acids is 1. The van der Waals surface area contributed by atoms with Crippen molar-refractivity contribution in [3.63, 3.8) is 0 Å². The molecule has 0 N–H and O–H groups in total. The maximum absolute atomic E-state index is 12.7. The van der Waals surface area contributed by atoms with E-state index in [1.807, 2.05) is 28.5 Å². The molecule has 0 saturated carbocycles. The second-order valence-corrected chi connectivity index (χ2v) is 7.20. The SMILES string of the molecule is Cc1noc([C@@H]2C[C@H]3OCC[C@H]3N(C(=O)/C=C/c3cccs3)C2)n1. The van der Waals surface area contributed by atoms with Gasteiger partial charge >= 0.3 is 0 Å². The van der Waals surface area contributed by atoms with Gasteiger partial charge in [-0.2, -0.15) is 4.98 Å². The van der Waals surface area contributed by atoms with Gasteiger partial charge in [-0.25, -0.2) is 0 Å². The van der Waals surface area contributed by atoms with E-state index in [0.717, 1.165) is 17.7 Å². The molecule has 3 atom stereocenters. The summed E-state index contributed by atoms with van der Waals surface area (Å²) in [5.74, 6) is 1.27. The van der Waals surface area contributed by atoms with E-state index in [1.54, 1.807) is 24.3 Å². The van der Waals surface area contributed by atoms with Crippen LogP contribution in [0.3, 0.4) is 0 Å². The molecule has 7 heteroatoms. The smallest absolute Gasteiger partial charge is 0.246 e. The molecule has 24 heavy (non-hydrogen) atoms. The van der Waals surface area contributed by atoms with Crippen molar-refractivity contribution in [2.75, 3.05) is 13.2 Å². The highest BCUT2D eigenvalue weighted by atomic mass is 32.1. The van der Waals surface area contributed by atoms with Crippen molar-refractivity contribution >= 4 is 23.3 Å². The van der Waals surface area contributed by atoms with Crippen LogP contribution in [0.5, 0.6) is 0 Å². The number of aromatic nitrogens is 2. The molecule has 0 bridgehead atoms. The summed E-state index contributed by atoms with van der Waals surface area (Å²) in [5, 5.41) is 5.87. The molecule has 0 spiro atoms. The summed E-state index contributed by atoms with van der Waals surface area (Å²) in [4.78, 5) is 20.1. The Labute approximate surface area is 144 Å². The Morgan fingerprint density at radius 3 is 3.17 bits per heavy atom. The molecule has 6 nitrogen and oxygen atoms in total. The molecular weight excluding hydrogens is 326 g/mol. The van der Waals surface area contributed by atoms with Crippen LogP contribution in [0.2, 0.25) is 0 Å². The van der Waals surface area contributed by atoms with E-state index in [2.05, 4.69) is 10.1 Å². The number of piperidine rings is 1. The Balaban J connectivity index is 1.54. The number of rotatable bonds is 3. The lowest BCUT2D eigenvalue weighted by Gasteiger charge is -2.39. The summed E-state index contributed by atoms with van der Waals surface area (Å²) >= 11 is 1.62. The second kappa shape index (κ2) is 6.49. The predicted molar refractivity (Wildman–Crippen MR) is 89.6 cm³/mol. The normalized spacial score (nSPS) is 26.9. The van der Waals surface area contributed by atoms with Crippen LogP contribution in [0.4, 0.5) is 0 Å². The maximum Gasteiger partial charge on any atom is 0.246 e. The number of likely N-dealkylation sites (tertiary alicyclic amines) is 1. The zero-order valence-corrected chi connectivity index (χ0v) is 14.2. The molecule has 0 aliphatic carbocycles. The first-order valence-corrected chi connectivity index (χ1v) is 9.02. The molecule has 2 saturated heterocycles. The van der Waals surface area contributed by atoms with Crippen LogP contribution >= 0.6 is 11.3 Å². The van der Waals surface area contributed by atoms with Gasteiger partial charge < -0.3 is 14.2 Å². The lowest BCUT2D eigenvalue weighted by molar-refractivity contribution is -0.132. The van der Waals surface area contributed by atoms with Crippen molar-refractivity contribution in [2.45, 2.75) is 37.8 Å². The monoisotopic (exact) mass is 345 g/mol. The van der Waals surface area contributed by atoms with Gasteiger partial charge in [0.05, 0.1) is 18.1 Å².